The average molecular weight is 679 g/mol. The second kappa shape index (κ2) is 13.3. The Morgan fingerprint density at radius 2 is 1.87 bits per heavy atom. The highest BCUT2D eigenvalue weighted by Crippen LogP contribution is 2.34. The van der Waals surface area contributed by atoms with Crippen LogP contribution in [-0.2, 0) is 27.7 Å². The van der Waals surface area contributed by atoms with E-state index >= 15 is 8.78 Å². The summed E-state index contributed by atoms with van der Waals surface area (Å²) in [5.74, 6) is -5.12. The number of ether oxygens (including phenoxy) is 2. The maximum Gasteiger partial charge on any atom is 0.411 e. The summed E-state index contributed by atoms with van der Waals surface area (Å²) in [5, 5.41) is 3.00. The Bertz CT molecular complexity index is 1910. The van der Waals surface area contributed by atoms with Gasteiger partial charge in [0, 0.05) is 48.5 Å². The minimum atomic E-state index is -4.74. The number of nitrogens with zero attached hydrogens (tertiary/aromatic N) is 3. The SMILES string of the molecule is COC(=O)[C@H](Cc1ccc(-c2c(Cl)cc(C)n(C)c2=O)c2ncccc12)NC(=O)c1c(F)cc(N2CCOC[C@@H]2C(F)(F)F)cc1F. The molecule has 0 aliphatic carbocycles. The summed E-state index contributed by atoms with van der Waals surface area (Å²) in [6, 6.07) is 5.82. The first-order chi connectivity index (χ1) is 22.2. The molecule has 9 nitrogen and oxygen atoms in total. The van der Waals surface area contributed by atoms with Crippen molar-refractivity contribution in [3.63, 3.8) is 0 Å². The van der Waals surface area contributed by atoms with Crippen LogP contribution in [0.4, 0.5) is 27.6 Å². The van der Waals surface area contributed by atoms with Crippen LogP contribution in [0.5, 0.6) is 0 Å². The number of carbonyl (C=O) groups is 2. The van der Waals surface area contributed by atoms with Crippen molar-refractivity contribution in [3.05, 3.63) is 92.5 Å². The topological polar surface area (TPSA) is 103 Å². The summed E-state index contributed by atoms with van der Waals surface area (Å²) < 4.78 is 82.3. The number of esters is 1. The number of aryl methyl sites for hydroxylation is 1. The van der Waals surface area contributed by atoms with Gasteiger partial charge in [0.15, 0.2) is 0 Å². The number of methoxy groups -OCH3 is 1. The van der Waals surface area contributed by atoms with Gasteiger partial charge in [-0.05, 0) is 36.8 Å². The lowest BCUT2D eigenvalue weighted by Gasteiger charge is -2.38. The van der Waals surface area contributed by atoms with Gasteiger partial charge in [-0.15, -0.1) is 0 Å². The normalized spacial score (nSPS) is 15.9. The van der Waals surface area contributed by atoms with E-state index in [0.717, 1.165) is 12.0 Å². The van der Waals surface area contributed by atoms with Gasteiger partial charge in [-0.1, -0.05) is 29.8 Å². The highest BCUT2D eigenvalue weighted by Gasteiger charge is 2.46. The van der Waals surface area contributed by atoms with Gasteiger partial charge in [0.25, 0.3) is 11.5 Å². The maximum atomic E-state index is 15.2. The molecule has 1 fully saturated rings. The first-order valence-electron chi connectivity index (χ1n) is 14.2. The van der Waals surface area contributed by atoms with Crippen LogP contribution in [0, 0.1) is 18.6 Å². The number of rotatable bonds is 7. The fourth-order valence-corrected chi connectivity index (χ4v) is 5.89. The number of hydrogen-bond donors (Lipinski definition) is 1. The number of fused-ring (bicyclic) bond motifs is 1. The summed E-state index contributed by atoms with van der Waals surface area (Å²) >= 11 is 6.48. The van der Waals surface area contributed by atoms with Crippen molar-refractivity contribution in [1.29, 1.82) is 0 Å². The van der Waals surface area contributed by atoms with E-state index in [1.165, 1.54) is 10.8 Å². The van der Waals surface area contributed by atoms with E-state index in [1.807, 2.05) is 0 Å². The van der Waals surface area contributed by atoms with E-state index < -0.39 is 59.6 Å². The summed E-state index contributed by atoms with van der Waals surface area (Å²) in [6.45, 7) is 0.622. The zero-order valence-electron chi connectivity index (χ0n) is 25.3. The Balaban J connectivity index is 1.47. The fraction of sp³-hybridized carbons (Fsp3) is 0.312. The van der Waals surface area contributed by atoms with Gasteiger partial charge in [0.2, 0.25) is 0 Å². The molecule has 2 aromatic heterocycles. The minimum Gasteiger partial charge on any atom is -0.467 e. The number of alkyl halides is 3. The Morgan fingerprint density at radius 1 is 1.17 bits per heavy atom. The second-order valence-electron chi connectivity index (χ2n) is 10.9. The molecule has 1 saturated heterocycles. The number of benzene rings is 2. The molecule has 0 radical (unpaired) electrons. The molecule has 1 N–H and O–H groups in total. The molecule has 248 valence electrons. The quantitative estimate of drug-likeness (QED) is 0.214. The fourth-order valence-electron chi connectivity index (χ4n) is 5.55. The van der Waals surface area contributed by atoms with Crippen molar-refractivity contribution in [2.45, 2.75) is 31.6 Å². The Labute approximate surface area is 269 Å². The molecule has 1 aliphatic heterocycles. The number of hydrogen-bond acceptors (Lipinski definition) is 7. The maximum absolute atomic E-state index is 15.2. The molecule has 2 aromatic carbocycles. The number of anilines is 1. The van der Waals surface area contributed by atoms with Crippen LogP contribution in [0.2, 0.25) is 5.02 Å². The molecular weight excluding hydrogens is 651 g/mol. The summed E-state index contributed by atoms with van der Waals surface area (Å²) in [5.41, 5.74) is 0.243. The van der Waals surface area contributed by atoms with E-state index in [0.29, 0.717) is 39.9 Å². The molecule has 4 aromatic rings. The van der Waals surface area contributed by atoms with Gasteiger partial charge in [-0.2, -0.15) is 13.2 Å². The van der Waals surface area contributed by atoms with Crippen molar-refractivity contribution in [2.75, 3.05) is 31.8 Å². The lowest BCUT2D eigenvalue weighted by atomic mass is 9.95. The van der Waals surface area contributed by atoms with Crippen molar-refractivity contribution in [2.24, 2.45) is 7.05 Å². The number of morpholine rings is 1. The van der Waals surface area contributed by atoms with Crippen LogP contribution >= 0.6 is 11.6 Å². The lowest BCUT2D eigenvalue weighted by molar-refractivity contribution is -0.167. The van der Waals surface area contributed by atoms with Crippen LogP contribution in [0.25, 0.3) is 22.0 Å². The Kier molecular flexibility index (Phi) is 9.55. The van der Waals surface area contributed by atoms with Gasteiger partial charge in [0.05, 0.1) is 36.4 Å². The number of halogens is 6. The van der Waals surface area contributed by atoms with E-state index in [1.54, 1.807) is 44.3 Å². The van der Waals surface area contributed by atoms with E-state index in [2.05, 4.69) is 10.3 Å². The highest BCUT2D eigenvalue weighted by atomic mass is 35.5. The van der Waals surface area contributed by atoms with Crippen molar-refractivity contribution < 1.29 is 41.0 Å². The molecule has 1 aliphatic rings. The summed E-state index contributed by atoms with van der Waals surface area (Å²) in [7, 11) is 2.67. The van der Waals surface area contributed by atoms with Crippen LogP contribution in [0.3, 0.4) is 0 Å². The number of pyridine rings is 2. The smallest absolute Gasteiger partial charge is 0.411 e. The molecule has 47 heavy (non-hydrogen) atoms. The van der Waals surface area contributed by atoms with Crippen LogP contribution in [-0.4, -0.2) is 66.6 Å². The monoisotopic (exact) mass is 678 g/mol. The van der Waals surface area contributed by atoms with Gasteiger partial charge in [0.1, 0.15) is 29.3 Å². The first kappa shape index (κ1) is 33.8. The molecule has 1 amide bonds. The van der Waals surface area contributed by atoms with Crippen molar-refractivity contribution in [3.8, 4) is 11.1 Å². The van der Waals surface area contributed by atoms with Crippen molar-refractivity contribution >= 4 is 40.1 Å². The first-order valence-corrected chi connectivity index (χ1v) is 14.6. The Morgan fingerprint density at radius 3 is 2.53 bits per heavy atom. The van der Waals surface area contributed by atoms with Gasteiger partial charge < -0.3 is 24.3 Å². The van der Waals surface area contributed by atoms with Gasteiger partial charge in [-0.25, -0.2) is 13.6 Å². The zero-order chi connectivity index (χ0) is 34.2. The molecule has 2 atom stereocenters. The predicted molar refractivity (Wildman–Crippen MR) is 164 cm³/mol. The van der Waals surface area contributed by atoms with Crippen LogP contribution < -0.4 is 15.8 Å². The standard InChI is InChI=1S/C32H28ClF5N4O5/c1-16-11-21(33)26(30(44)41(16)2)20-7-6-17(19-5-4-8-39-28(19)20)12-24(31(45)46-3)40-29(43)27-22(34)13-18(14-23(27)35)42-9-10-47-15-25(42)32(36,37)38/h4-8,11,13-14,24-25H,9-10,12,15H2,1-3H3,(H,40,43)/t24-,25+/m0/s1. The molecule has 0 bridgehead atoms. The minimum absolute atomic E-state index is 0.0985. The third kappa shape index (κ3) is 6.65. The predicted octanol–water partition coefficient (Wildman–Crippen LogP) is 5.12. The lowest BCUT2D eigenvalue weighted by Crippen LogP contribution is -2.53. The average Bonchev–Trinajstić information content (AvgIpc) is 3.03. The highest BCUT2D eigenvalue weighted by molar-refractivity contribution is 6.33. The molecule has 0 unspecified atom stereocenters. The molecule has 3 heterocycles. The zero-order valence-corrected chi connectivity index (χ0v) is 26.0. The molecule has 0 spiro atoms. The third-order valence-electron chi connectivity index (χ3n) is 8.06. The van der Waals surface area contributed by atoms with E-state index in [-0.39, 0.29) is 35.7 Å². The number of nitrogens with one attached hydrogen (secondary N) is 1. The van der Waals surface area contributed by atoms with Crippen LogP contribution in [0.15, 0.2) is 53.5 Å². The summed E-state index contributed by atoms with van der Waals surface area (Å²) in [4.78, 5) is 44.3. The second-order valence-corrected chi connectivity index (χ2v) is 11.3. The summed E-state index contributed by atoms with van der Waals surface area (Å²) in [6.07, 6.45) is -3.45. The molecule has 0 saturated carbocycles. The number of aromatic nitrogens is 2. The van der Waals surface area contributed by atoms with Gasteiger partial charge >= 0.3 is 12.1 Å². The van der Waals surface area contributed by atoms with Gasteiger partial charge in [-0.3, -0.25) is 14.6 Å². The largest absolute Gasteiger partial charge is 0.467 e. The van der Waals surface area contributed by atoms with Crippen molar-refractivity contribution in [1.82, 2.24) is 14.9 Å². The number of carbonyl (C=O) groups excluding carboxylic acids is 2. The van der Waals surface area contributed by atoms with Crippen LogP contribution in [0.1, 0.15) is 21.6 Å². The molecule has 5 rings (SSSR count). The molecular formula is C32H28ClF5N4O5. The van der Waals surface area contributed by atoms with E-state index in [9.17, 15) is 27.6 Å². The third-order valence-corrected chi connectivity index (χ3v) is 8.36. The van der Waals surface area contributed by atoms with E-state index in [4.69, 9.17) is 21.1 Å². The number of amides is 1. The molecule has 15 heteroatoms. The Hall–Kier alpha value is -4.56.